The smallest absolute Gasteiger partial charge is 0.132 e. The maximum Gasteiger partial charge on any atom is 0.132 e. The highest BCUT2D eigenvalue weighted by molar-refractivity contribution is 6.44. The van der Waals surface area contributed by atoms with Crippen molar-refractivity contribution >= 4 is 23.2 Å². The lowest BCUT2D eigenvalue weighted by Gasteiger charge is -2.01. The molecule has 0 amide bonds. The molecule has 0 heterocycles. The van der Waals surface area contributed by atoms with E-state index in [-0.39, 0.29) is 5.56 Å². The molecule has 4 heteroatoms. The van der Waals surface area contributed by atoms with Gasteiger partial charge in [0.25, 0.3) is 0 Å². The highest BCUT2D eigenvalue weighted by atomic mass is 35.5. The number of nitrogens with zero attached hydrogens (tertiary/aromatic N) is 1. The molecule has 1 nitrogen and oxygen atoms in total. The molecule has 12 heavy (non-hydrogen) atoms. The zero-order chi connectivity index (χ0) is 9.14. The van der Waals surface area contributed by atoms with E-state index in [1.807, 2.05) is 0 Å². The van der Waals surface area contributed by atoms with Crippen molar-refractivity contribution in [2.24, 2.45) is 0 Å². The first-order valence-electron chi connectivity index (χ1n) is 3.12. The first-order chi connectivity index (χ1) is 5.63. The summed E-state index contributed by atoms with van der Waals surface area (Å²) in [5.41, 5.74) is 0.617. The van der Waals surface area contributed by atoms with Gasteiger partial charge in [0.2, 0.25) is 0 Å². The average Bonchev–Trinajstić information content (AvgIpc) is 2.03. The molecule has 0 aliphatic heterocycles. The van der Waals surface area contributed by atoms with Crippen LogP contribution in [0.2, 0.25) is 0 Å². The van der Waals surface area contributed by atoms with Crippen molar-refractivity contribution in [1.82, 2.24) is 0 Å². The van der Waals surface area contributed by atoms with Crippen LogP contribution in [-0.4, -0.2) is 0 Å². The van der Waals surface area contributed by atoms with Crippen molar-refractivity contribution in [1.29, 1.82) is 5.26 Å². The molecule has 0 N–H and O–H groups in total. The fraction of sp³-hybridized carbons (Fsp3) is 0.125. The monoisotopic (exact) mass is 203 g/mol. The number of rotatable bonds is 1. The summed E-state index contributed by atoms with van der Waals surface area (Å²) in [5, 5.41) is 8.47. The summed E-state index contributed by atoms with van der Waals surface area (Å²) in [5.74, 6) is -0.504. The van der Waals surface area contributed by atoms with Gasteiger partial charge in [-0.05, 0) is 23.8 Å². The van der Waals surface area contributed by atoms with Gasteiger partial charge in [0.1, 0.15) is 10.7 Å². The molecule has 0 aromatic heterocycles. The lowest BCUT2D eigenvalue weighted by Crippen LogP contribution is -1.86. The average molecular weight is 204 g/mol. The van der Waals surface area contributed by atoms with Gasteiger partial charge in [-0.25, -0.2) is 4.39 Å². The van der Waals surface area contributed by atoms with Gasteiger partial charge in [-0.15, -0.1) is 23.2 Å². The molecule has 0 saturated heterocycles. The highest BCUT2D eigenvalue weighted by Gasteiger charge is 2.06. The fourth-order valence-electron chi connectivity index (χ4n) is 0.803. The van der Waals surface area contributed by atoms with Crippen LogP contribution < -0.4 is 0 Å². The van der Waals surface area contributed by atoms with Gasteiger partial charge in [-0.3, -0.25) is 0 Å². The minimum absolute atomic E-state index is 0.219. The molecule has 0 bridgehead atoms. The summed E-state index contributed by atoms with van der Waals surface area (Å²) >= 11 is 11.0. The number of hydrogen-bond acceptors (Lipinski definition) is 1. The van der Waals surface area contributed by atoms with Gasteiger partial charge < -0.3 is 0 Å². The third kappa shape index (κ3) is 2.10. The van der Waals surface area contributed by atoms with E-state index < -0.39 is 10.7 Å². The SMILES string of the molecule is N#Cc1cc(F)cc(C(Cl)Cl)c1. The molecular formula is C8H4Cl2FN. The molecule has 0 aliphatic rings. The molecule has 0 unspecified atom stereocenters. The topological polar surface area (TPSA) is 23.8 Å². The second-order valence-corrected chi connectivity index (χ2v) is 3.28. The molecular weight excluding hydrogens is 200 g/mol. The van der Waals surface area contributed by atoms with Gasteiger partial charge >= 0.3 is 0 Å². The van der Waals surface area contributed by atoms with Crippen LogP contribution in [0.25, 0.3) is 0 Å². The second kappa shape index (κ2) is 3.75. The van der Waals surface area contributed by atoms with Crippen molar-refractivity contribution in [2.45, 2.75) is 4.84 Å². The van der Waals surface area contributed by atoms with E-state index >= 15 is 0 Å². The summed E-state index contributed by atoms with van der Waals surface area (Å²) < 4.78 is 12.7. The van der Waals surface area contributed by atoms with Crippen molar-refractivity contribution in [3.8, 4) is 6.07 Å². The molecule has 62 valence electrons. The minimum atomic E-state index is -0.798. The number of nitriles is 1. The van der Waals surface area contributed by atoms with Crippen LogP contribution in [-0.2, 0) is 0 Å². The predicted octanol–water partition coefficient (Wildman–Crippen LogP) is 3.17. The summed E-state index contributed by atoms with van der Waals surface area (Å²) in [7, 11) is 0. The number of hydrogen-bond donors (Lipinski definition) is 0. The second-order valence-electron chi connectivity index (χ2n) is 2.19. The van der Waals surface area contributed by atoms with Crippen LogP contribution in [0, 0.1) is 17.1 Å². The van der Waals surface area contributed by atoms with E-state index in [1.54, 1.807) is 6.07 Å². The zero-order valence-corrected chi connectivity index (χ0v) is 7.40. The Kier molecular flexibility index (Phi) is 2.91. The third-order valence-electron chi connectivity index (χ3n) is 1.30. The molecule has 0 fully saturated rings. The first kappa shape index (κ1) is 9.31. The van der Waals surface area contributed by atoms with Crippen LogP contribution in [0.4, 0.5) is 4.39 Å². The summed E-state index contributed by atoms with van der Waals surface area (Å²) in [6.07, 6.45) is 0. The Bertz CT molecular complexity index is 330. The van der Waals surface area contributed by atoms with E-state index in [0.29, 0.717) is 5.56 Å². The van der Waals surface area contributed by atoms with Gasteiger partial charge in [-0.1, -0.05) is 0 Å². The Morgan fingerprint density at radius 2 is 2.00 bits per heavy atom. The van der Waals surface area contributed by atoms with E-state index in [1.165, 1.54) is 12.1 Å². The Morgan fingerprint density at radius 3 is 2.50 bits per heavy atom. The molecule has 0 saturated carbocycles. The summed E-state index contributed by atoms with van der Waals surface area (Å²) in [6.45, 7) is 0. The Morgan fingerprint density at radius 1 is 1.33 bits per heavy atom. The van der Waals surface area contributed by atoms with Crippen molar-refractivity contribution in [3.63, 3.8) is 0 Å². The predicted molar refractivity (Wildman–Crippen MR) is 45.6 cm³/mol. The van der Waals surface area contributed by atoms with Crippen LogP contribution in [0.1, 0.15) is 16.0 Å². The summed E-state index contributed by atoms with van der Waals surface area (Å²) in [4.78, 5) is -0.798. The van der Waals surface area contributed by atoms with E-state index in [0.717, 1.165) is 6.07 Å². The van der Waals surface area contributed by atoms with Gasteiger partial charge in [-0.2, -0.15) is 5.26 Å². The molecule has 0 aliphatic carbocycles. The fourth-order valence-corrected chi connectivity index (χ4v) is 1.05. The number of benzene rings is 1. The maximum absolute atomic E-state index is 12.7. The lowest BCUT2D eigenvalue weighted by atomic mass is 10.1. The lowest BCUT2D eigenvalue weighted by molar-refractivity contribution is 0.626. The number of alkyl halides is 2. The quantitative estimate of drug-likeness (QED) is 0.644. The van der Waals surface area contributed by atoms with E-state index in [2.05, 4.69) is 0 Å². The first-order valence-corrected chi connectivity index (χ1v) is 3.99. The van der Waals surface area contributed by atoms with Gasteiger partial charge in [0.15, 0.2) is 0 Å². The normalized spacial score (nSPS) is 9.92. The molecule has 1 rings (SSSR count). The molecule has 0 spiro atoms. The van der Waals surface area contributed by atoms with E-state index in [4.69, 9.17) is 28.5 Å². The van der Waals surface area contributed by atoms with Crippen LogP contribution in [0.5, 0.6) is 0 Å². The van der Waals surface area contributed by atoms with Crippen LogP contribution in [0.3, 0.4) is 0 Å². The molecule has 0 radical (unpaired) electrons. The van der Waals surface area contributed by atoms with Crippen molar-refractivity contribution < 1.29 is 4.39 Å². The maximum atomic E-state index is 12.7. The molecule has 1 aromatic rings. The minimum Gasteiger partial charge on any atom is -0.207 e. The standard InChI is InChI=1S/C8H4Cl2FN/c9-8(10)6-1-5(4-12)2-7(11)3-6/h1-3,8H. The zero-order valence-electron chi connectivity index (χ0n) is 5.89. The molecule has 1 aromatic carbocycles. The van der Waals surface area contributed by atoms with Gasteiger partial charge in [0, 0.05) is 0 Å². The van der Waals surface area contributed by atoms with Crippen LogP contribution >= 0.6 is 23.2 Å². The number of halogens is 3. The van der Waals surface area contributed by atoms with Crippen molar-refractivity contribution in [3.05, 3.63) is 35.1 Å². The molecule has 0 atom stereocenters. The Hall–Kier alpha value is -0.780. The summed E-state index contributed by atoms with van der Waals surface area (Å²) in [6, 6.07) is 5.58. The Labute approximate surface area is 79.3 Å². The third-order valence-corrected chi connectivity index (χ3v) is 1.81. The van der Waals surface area contributed by atoms with E-state index in [9.17, 15) is 4.39 Å². The van der Waals surface area contributed by atoms with Crippen LogP contribution in [0.15, 0.2) is 18.2 Å². The Balaban J connectivity index is 3.17. The van der Waals surface area contributed by atoms with Gasteiger partial charge in [0.05, 0.1) is 11.6 Å². The highest BCUT2D eigenvalue weighted by Crippen LogP contribution is 2.25. The van der Waals surface area contributed by atoms with Crippen molar-refractivity contribution in [2.75, 3.05) is 0 Å². The largest absolute Gasteiger partial charge is 0.207 e.